The zero-order valence-corrected chi connectivity index (χ0v) is 18.5. The Balaban J connectivity index is 1.46. The van der Waals surface area contributed by atoms with E-state index in [0.29, 0.717) is 36.8 Å². The first-order valence-corrected chi connectivity index (χ1v) is 11.4. The van der Waals surface area contributed by atoms with Gasteiger partial charge in [0.15, 0.2) is 5.82 Å². The number of nitrogens with zero attached hydrogens (tertiary/aromatic N) is 5. The first kappa shape index (κ1) is 21.8. The number of alkyl halides is 3. The van der Waals surface area contributed by atoms with Crippen molar-refractivity contribution in [1.82, 2.24) is 9.97 Å². The summed E-state index contributed by atoms with van der Waals surface area (Å²) in [6, 6.07) is 5.18. The first-order valence-electron chi connectivity index (χ1n) is 11.4. The summed E-state index contributed by atoms with van der Waals surface area (Å²) in [5.41, 5.74) is 2.37. The second kappa shape index (κ2) is 8.39. The molecule has 10 heteroatoms. The van der Waals surface area contributed by atoms with Crippen molar-refractivity contribution < 1.29 is 18.0 Å². The van der Waals surface area contributed by atoms with Crippen molar-refractivity contribution in [3.63, 3.8) is 0 Å². The van der Waals surface area contributed by atoms with Crippen LogP contribution in [0.3, 0.4) is 0 Å². The molecule has 2 amide bonds. The number of urea groups is 1. The number of anilines is 4. The van der Waals surface area contributed by atoms with Gasteiger partial charge in [-0.1, -0.05) is 0 Å². The lowest BCUT2D eigenvalue weighted by Crippen LogP contribution is -2.56. The average molecular weight is 461 g/mol. The van der Waals surface area contributed by atoms with Crippen LogP contribution in [0.4, 0.5) is 41.0 Å². The van der Waals surface area contributed by atoms with E-state index in [1.54, 1.807) is 28.3 Å². The maximum atomic E-state index is 13.4. The average Bonchev–Trinajstić information content (AvgIpc) is 2.78. The number of hydrogen-bond donors (Lipinski definition) is 1. The van der Waals surface area contributed by atoms with E-state index in [1.807, 2.05) is 19.1 Å². The molecule has 0 saturated carbocycles. The van der Waals surface area contributed by atoms with E-state index in [4.69, 9.17) is 4.98 Å². The molecule has 2 aromatic rings. The van der Waals surface area contributed by atoms with Gasteiger partial charge in [0.1, 0.15) is 5.82 Å². The third-order valence-corrected chi connectivity index (χ3v) is 6.72. The van der Waals surface area contributed by atoms with Gasteiger partial charge in [-0.2, -0.15) is 13.2 Å². The number of hydrogen-bond acceptors (Lipinski definition) is 5. The summed E-state index contributed by atoms with van der Waals surface area (Å²) in [6.07, 6.45) is 1.50. The fourth-order valence-corrected chi connectivity index (χ4v) is 5.11. The fraction of sp³-hybridized carbons (Fsp3) is 0.522. The standard InChI is InChI=1S/C23H27F3N6O/c1-15-10-17(12-27-11-15)28-22(33)32-18-5-3-8-30(14-18)19-6-7-20(29-21(19)32)31-9-2-4-16(13-31)23(24,25)26/h6-7,10-12,16,18H,2-5,8-9,13-14H2,1H3,(H,28,33)/t16?,18-/m1/s1. The molecule has 2 atom stereocenters. The Morgan fingerprint density at radius 1 is 1.09 bits per heavy atom. The fourth-order valence-electron chi connectivity index (χ4n) is 5.11. The SMILES string of the molecule is Cc1cncc(NC(=O)N2c3nc(N4CCCC(C(F)(F)F)C4)ccc3N3CCC[C@@H]2C3)c1. The van der Waals surface area contributed by atoms with Gasteiger partial charge in [0.2, 0.25) is 0 Å². The van der Waals surface area contributed by atoms with Gasteiger partial charge < -0.3 is 15.1 Å². The van der Waals surface area contributed by atoms with Gasteiger partial charge in [0, 0.05) is 32.4 Å². The van der Waals surface area contributed by atoms with E-state index in [2.05, 4.69) is 15.2 Å². The Morgan fingerprint density at radius 3 is 2.67 bits per heavy atom. The van der Waals surface area contributed by atoms with Crippen molar-refractivity contribution in [2.75, 3.05) is 46.2 Å². The third kappa shape index (κ3) is 4.30. The normalized spacial score (nSPS) is 22.7. The van der Waals surface area contributed by atoms with Gasteiger partial charge in [-0.25, -0.2) is 9.78 Å². The van der Waals surface area contributed by atoms with Gasteiger partial charge in [-0.3, -0.25) is 9.88 Å². The van der Waals surface area contributed by atoms with Gasteiger partial charge >= 0.3 is 12.2 Å². The molecule has 0 radical (unpaired) electrons. The highest BCUT2D eigenvalue weighted by molar-refractivity contribution is 6.04. The lowest BCUT2D eigenvalue weighted by molar-refractivity contribution is -0.176. The molecule has 5 rings (SSSR count). The molecule has 176 valence electrons. The largest absolute Gasteiger partial charge is 0.393 e. The molecule has 0 aromatic carbocycles. The van der Waals surface area contributed by atoms with Crippen LogP contribution in [-0.2, 0) is 0 Å². The predicted octanol–water partition coefficient (Wildman–Crippen LogP) is 4.58. The van der Waals surface area contributed by atoms with Gasteiger partial charge in [0.05, 0.1) is 29.5 Å². The van der Waals surface area contributed by atoms with E-state index in [9.17, 15) is 18.0 Å². The Hall–Kier alpha value is -3.04. The number of carbonyl (C=O) groups excluding carboxylic acids is 1. The quantitative estimate of drug-likeness (QED) is 0.711. The molecule has 3 aliphatic heterocycles. The van der Waals surface area contributed by atoms with Gasteiger partial charge in [-0.05, 0) is 56.4 Å². The number of pyridine rings is 2. The molecule has 2 saturated heterocycles. The Labute approximate surface area is 190 Å². The van der Waals surface area contributed by atoms with E-state index < -0.39 is 12.1 Å². The number of halogens is 3. The second-order valence-corrected chi connectivity index (χ2v) is 9.13. The number of rotatable bonds is 2. The van der Waals surface area contributed by atoms with Crippen molar-refractivity contribution in [3.05, 3.63) is 36.2 Å². The van der Waals surface area contributed by atoms with Crippen molar-refractivity contribution in [3.8, 4) is 0 Å². The molecule has 2 aromatic heterocycles. The summed E-state index contributed by atoms with van der Waals surface area (Å²) in [7, 11) is 0. The monoisotopic (exact) mass is 460 g/mol. The van der Waals surface area contributed by atoms with Crippen LogP contribution in [0.15, 0.2) is 30.6 Å². The van der Waals surface area contributed by atoms with Crippen LogP contribution in [0.2, 0.25) is 0 Å². The molecule has 3 aliphatic rings. The van der Waals surface area contributed by atoms with Crippen LogP contribution in [0, 0.1) is 12.8 Å². The maximum absolute atomic E-state index is 13.4. The summed E-state index contributed by atoms with van der Waals surface area (Å²) in [5, 5.41) is 2.93. The Bertz CT molecular complexity index is 1050. The number of amides is 2. The molecule has 5 heterocycles. The molecule has 0 spiro atoms. The van der Waals surface area contributed by atoms with E-state index in [1.165, 1.54) is 0 Å². The van der Waals surface area contributed by atoms with Crippen molar-refractivity contribution in [2.45, 2.75) is 44.8 Å². The highest BCUT2D eigenvalue weighted by atomic mass is 19.4. The highest BCUT2D eigenvalue weighted by Gasteiger charge is 2.43. The smallest absolute Gasteiger partial charge is 0.366 e. The first-order chi connectivity index (χ1) is 15.8. The van der Waals surface area contributed by atoms with Gasteiger partial charge in [-0.15, -0.1) is 0 Å². The third-order valence-electron chi connectivity index (χ3n) is 6.72. The summed E-state index contributed by atoms with van der Waals surface area (Å²) < 4.78 is 40.0. The molecule has 2 fully saturated rings. The lowest BCUT2D eigenvalue weighted by Gasteiger charge is -2.46. The van der Waals surface area contributed by atoms with Crippen molar-refractivity contribution in [1.29, 1.82) is 0 Å². The maximum Gasteiger partial charge on any atom is 0.393 e. The number of nitrogens with one attached hydrogen (secondary N) is 1. The van der Waals surface area contributed by atoms with Gasteiger partial charge in [0.25, 0.3) is 0 Å². The number of piperidine rings is 2. The zero-order chi connectivity index (χ0) is 23.2. The molecule has 1 unspecified atom stereocenters. The molecule has 7 nitrogen and oxygen atoms in total. The van der Waals surface area contributed by atoms with Crippen LogP contribution in [0.1, 0.15) is 31.2 Å². The lowest BCUT2D eigenvalue weighted by atomic mass is 9.97. The molecule has 1 N–H and O–H groups in total. The van der Waals surface area contributed by atoms with Crippen LogP contribution in [0.5, 0.6) is 0 Å². The number of aryl methyl sites for hydroxylation is 1. The van der Waals surface area contributed by atoms with Crippen molar-refractivity contribution in [2.24, 2.45) is 5.92 Å². The highest BCUT2D eigenvalue weighted by Crippen LogP contribution is 2.41. The summed E-state index contributed by atoms with van der Waals surface area (Å²) in [6.45, 7) is 3.91. The molecule has 33 heavy (non-hydrogen) atoms. The van der Waals surface area contributed by atoms with Crippen LogP contribution < -0.4 is 20.0 Å². The summed E-state index contributed by atoms with van der Waals surface area (Å²) >= 11 is 0. The molecule has 2 bridgehead atoms. The van der Waals surface area contributed by atoms with Crippen LogP contribution in [-0.4, -0.2) is 54.4 Å². The summed E-state index contributed by atoms with van der Waals surface area (Å²) in [4.78, 5) is 27.9. The van der Waals surface area contributed by atoms with Crippen LogP contribution in [0.25, 0.3) is 0 Å². The zero-order valence-electron chi connectivity index (χ0n) is 18.5. The van der Waals surface area contributed by atoms with E-state index >= 15 is 0 Å². The van der Waals surface area contributed by atoms with E-state index in [0.717, 1.165) is 30.6 Å². The molecular weight excluding hydrogens is 433 g/mol. The topological polar surface area (TPSA) is 64.6 Å². The van der Waals surface area contributed by atoms with Crippen molar-refractivity contribution >= 4 is 29.0 Å². The molecular formula is C23H27F3N6O. The number of fused-ring (bicyclic) bond motifs is 4. The molecule has 0 aliphatic carbocycles. The Kier molecular flexibility index (Phi) is 5.54. The van der Waals surface area contributed by atoms with E-state index in [-0.39, 0.29) is 25.0 Å². The number of carbonyl (C=O) groups is 1. The van der Waals surface area contributed by atoms with Crippen LogP contribution >= 0.6 is 0 Å². The minimum Gasteiger partial charge on any atom is -0.366 e. The predicted molar refractivity (Wildman–Crippen MR) is 121 cm³/mol. The summed E-state index contributed by atoms with van der Waals surface area (Å²) in [5.74, 6) is -0.366. The second-order valence-electron chi connectivity index (χ2n) is 9.13. The minimum absolute atomic E-state index is 0.0453. The minimum atomic E-state index is -4.22. The number of aromatic nitrogens is 2. The Morgan fingerprint density at radius 2 is 1.88 bits per heavy atom.